The van der Waals surface area contributed by atoms with Crippen LogP contribution in [-0.4, -0.2) is 12.2 Å². The van der Waals surface area contributed by atoms with Gasteiger partial charge in [0.05, 0.1) is 13.7 Å². The number of ether oxygens (including phenoxy) is 1. The summed E-state index contributed by atoms with van der Waals surface area (Å²) in [4.78, 5) is 1.74. The number of aliphatic hydroxyl groups is 1. The lowest BCUT2D eigenvalue weighted by molar-refractivity contribution is 0.285. The van der Waals surface area contributed by atoms with E-state index >= 15 is 0 Å². The van der Waals surface area contributed by atoms with Crippen molar-refractivity contribution in [3.63, 3.8) is 0 Å². The van der Waals surface area contributed by atoms with E-state index in [0.29, 0.717) is 11.3 Å². The van der Waals surface area contributed by atoms with E-state index in [-0.39, 0.29) is 12.4 Å². The summed E-state index contributed by atoms with van der Waals surface area (Å²) in [7, 11) is 1.55. The lowest BCUT2D eigenvalue weighted by Crippen LogP contribution is -1.87. The standard InChI is InChI=1S/C12H11FO2S/c1-15-11-4-2-8(13)6-10(11)12-5-3-9(7-14)16-12/h2-6,14H,7H2,1H3. The van der Waals surface area contributed by atoms with Crippen LogP contribution in [-0.2, 0) is 6.61 Å². The Hall–Kier alpha value is -1.39. The summed E-state index contributed by atoms with van der Waals surface area (Å²) in [5.74, 6) is 0.336. The molecule has 0 aliphatic rings. The largest absolute Gasteiger partial charge is 0.496 e. The minimum Gasteiger partial charge on any atom is -0.496 e. The minimum atomic E-state index is -0.297. The van der Waals surface area contributed by atoms with Crippen LogP contribution >= 0.6 is 11.3 Å². The molecule has 0 amide bonds. The second-order valence-corrected chi connectivity index (χ2v) is 4.44. The van der Waals surface area contributed by atoms with Crippen molar-refractivity contribution in [3.8, 4) is 16.2 Å². The highest BCUT2D eigenvalue weighted by atomic mass is 32.1. The van der Waals surface area contributed by atoms with Crippen molar-refractivity contribution in [1.82, 2.24) is 0 Å². The van der Waals surface area contributed by atoms with Gasteiger partial charge in [0, 0.05) is 15.3 Å². The Balaban J connectivity index is 2.49. The zero-order valence-electron chi connectivity index (χ0n) is 8.74. The van der Waals surface area contributed by atoms with Crippen LogP contribution in [0.5, 0.6) is 5.75 Å². The van der Waals surface area contributed by atoms with Crippen molar-refractivity contribution in [3.05, 3.63) is 41.0 Å². The maximum absolute atomic E-state index is 13.2. The Morgan fingerprint density at radius 1 is 1.31 bits per heavy atom. The molecule has 0 bridgehead atoms. The number of methoxy groups -OCH3 is 1. The smallest absolute Gasteiger partial charge is 0.127 e. The average Bonchev–Trinajstić information content (AvgIpc) is 2.77. The molecule has 1 heterocycles. The molecule has 0 saturated heterocycles. The molecule has 0 radical (unpaired) electrons. The fraction of sp³-hybridized carbons (Fsp3) is 0.167. The van der Waals surface area contributed by atoms with Crippen LogP contribution in [0.25, 0.3) is 10.4 Å². The van der Waals surface area contributed by atoms with Gasteiger partial charge in [0.2, 0.25) is 0 Å². The number of hydrogen-bond donors (Lipinski definition) is 1. The number of hydrogen-bond acceptors (Lipinski definition) is 3. The number of thiophene rings is 1. The molecule has 0 fully saturated rings. The first-order valence-corrected chi connectivity index (χ1v) is 5.59. The van der Waals surface area contributed by atoms with Gasteiger partial charge >= 0.3 is 0 Å². The summed E-state index contributed by atoms with van der Waals surface area (Å²) in [5.41, 5.74) is 0.715. The van der Waals surface area contributed by atoms with Crippen molar-refractivity contribution in [2.24, 2.45) is 0 Å². The normalized spacial score (nSPS) is 10.4. The van der Waals surface area contributed by atoms with Gasteiger partial charge < -0.3 is 9.84 Å². The quantitative estimate of drug-likeness (QED) is 0.890. The van der Waals surface area contributed by atoms with E-state index in [1.165, 1.54) is 23.5 Å². The van der Waals surface area contributed by atoms with E-state index in [1.807, 2.05) is 12.1 Å². The van der Waals surface area contributed by atoms with E-state index < -0.39 is 0 Å². The third-order valence-corrected chi connectivity index (χ3v) is 3.35. The number of rotatable bonds is 3. The zero-order valence-corrected chi connectivity index (χ0v) is 9.55. The Morgan fingerprint density at radius 2 is 2.12 bits per heavy atom. The van der Waals surface area contributed by atoms with E-state index in [9.17, 15) is 4.39 Å². The van der Waals surface area contributed by atoms with Crippen LogP contribution in [0, 0.1) is 5.82 Å². The van der Waals surface area contributed by atoms with E-state index in [2.05, 4.69) is 0 Å². The molecule has 0 aliphatic carbocycles. The Labute approximate surface area is 96.9 Å². The maximum atomic E-state index is 13.2. The zero-order chi connectivity index (χ0) is 11.5. The van der Waals surface area contributed by atoms with E-state index in [0.717, 1.165) is 9.75 Å². The predicted molar refractivity (Wildman–Crippen MR) is 62.2 cm³/mol. The first-order valence-electron chi connectivity index (χ1n) is 4.78. The Bertz CT molecular complexity index is 494. The van der Waals surface area contributed by atoms with Gasteiger partial charge in [-0.05, 0) is 30.3 Å². The second-order valence-electron chi connectivity index (χ2n) is 3.27. The third-order valence-electron chi connectivity index (χ3n) is 2.24. The Morgan fingerprint density at radius 3 is 2.75 bits per heavy atom. The molecule has 2 aromatic rings. The monoisotopic (exact) mass is 238 g/mol. The molecule has 1 N–H and O–H groups in total. The molecule has 0 saturated carbocycles. The van der Waals surface area contributed by atoms with Gasteiger partial charge in [-0.25, -0.2) is 4.39 Å². The fourth-order valence-electron chi connectivity index (χ4n) is 1.48. The van der Waals surface area contributed by atoms with Crippen LogP contribution in [0.3, 0.4) is 0 Å². The molecule has 0 atom stereocenters. The van der Waals surface area contributed by atoms with Crippen LogP contribution < -0.4 is 4.74 Å². The van der Waals surface area contributed by atoms with Crippen LogP contribution in [0.4, 0.5) is 4.39 Å². The summed E-state index contributed by atoms with van der Waals surface area (Å²) in [5, 5.41) is 8.98. The van der Waals surface area contributed by atoms with Gasteiger partial charge in [0.25, 0.3) is 0 Å². The lowest BCUT2D eigenvalue weighted by atomic mass is 10.1. The van der Waals surface area contributed by atoms with Crippen molar-refractivity contribution in [2.75, 3.05) is 7.11 Å². The average molecular weight is 238 g/mol. The number of aliphatic hydroxyl groups excluding tert-OH is 1. The van der Waals surface area contributed by atoms with Gasteiger partial charge in [-0.2, -0.15) is 0 Å². The molecule has 1 aromatic carbocycles. The summed E-state index contributed by atoms with van der Waals surface area (Å²) in [6.45, 7) is 0.00228. The van der Waals surface area contributed by atoms with Crippen LogP contribution in [0.1, 0.15) is 4.88 Å². The van der Waals surface area contributed by atoms with Gasteiger partial charge in [0.1, 0.15) is 11.6 Å². The third kappa shape index (κ3) is 2.08. The SMILES string of the molecule is COc1ccc(F)cc1-c1ccc(CO)s1. The summed E-state index contributed by atoms with van der Waals surface area (Å²) in [6.07, 6.45) is 0. The van der Waals surface area contributed by atoms with Gasteiger partial charge in [0.15, 0.2) is 0 Å². The highest BCUT2D eigenvalue weighted by Crippen LogP contribution is 2.35. The molecule has 1 aromatic heterocycles. The van der Waals surface area contributed by atoms with E-state index in [1.54, 1.807) is 13.2 Å². The molecule has 0 unspecified atom stereocenters. The van der Waals surface area contributed by atoms with Crippen molar-refractivity contribution < 1.29 is 14.2 Å². The van der Waals surface area contributed by atoms with Gasteiger partial charge in [-0.15, -0.1) is 11.3 Å². The number of halogens is 1. The van der Waals surface area contributed by atoms with Gasteiger partial charge in [-0.3, -0.25) is 0 Å². The predicted octanol–water partition coefficient (Wildman–Crippen LogP) is 3.06. The van der Waals surface area contributed by atoms with Crippen molar-refractivity contribution >= 4 is 11.3 Å². The summed E-state index contributed by atoms with van der Waals surface area (Å²) in [6, 6.07) is 8.08. The van der Waals surface area contributed by atoms with Crippen LogP contribution in [0.15, 0.2) is 30.3 Å². The number of benzene rings is 1. The molecule has 2 nitrogen and oxygen atoms in total. The van der Waals surface area contributed by atoms with Crippen molar-refractivity contribution in [1.29, 1.82) is 0 Å². The van der Waals surface area contributed by atoms with E-state index in [4.69, 9.17) is 9.84 Å². The fourth-order valence-corrected chi connectivity index (χ4v) is 2.37. The first-order chi connectivity index (χ1) is 7.74. The van der Waals surface area contributed by atoms with Gasteiger partial charge in [-0.1, -0.05) is 0 Å². The highest BCUT2D eigenvalue weighted by Gasteiger charge is 2.09. The molecule has 16 heavy (non-hydrogen) atoms. The van der Waals surface area contributed by atoms with Crippen LogP contribution in [0.2, 0.25) is 0 Å². The summed E-state index contributed by atoms with van der Waals surface area (Å²) >= 11 is 1.43. The highest BCUT2D eigenvalue weighted by molar-refractivity contribution is 7.15. The lowest BCUT2D eigenvalue weighted by Gasteiger charge is -2.06. The summed E-state index contributed by atoms with van der Waals surface area (Å²) < 4.78 is 18.3. The minimum absolute atomic E-state index is 0.00228. The molecular formula is C12H11FO2S. The maximum Gasteiger partial charge on any atom is 0.127 e. The first kappa shape index (κ1) is 11.1. The van der Waals surface area contributed by atoms with Crippen molar-refractivity contribution in [2.45, 2.75) is 6.61 Å². The molecule has 4 heteroatoms. The molecule has 0 aliphatic heterocycles. The molecule has 2 rings (SSSR count). The molecule has 84 valence electrons. The second kappa shape index (κ2) is 4.63. The molecular weight excluding hydrogens is 227 g/mol. The topological polar surface area (TPSA) is 29.5 Å². The molecule has 0 spiro atoms. The Kier molecular flexibility index (Phi) is 3.22.